The van der Waals surface area contributed by atoms with E-state index < -0.39 is 154 Å². The van der Waals surface area contributed by atoms with Crippen LogP contribution in [0.1, 0.15) is 20.8 Å². The predicted octanol–water partition coefficient (Wildman–Crippen LogP) is -8.43. The van der Waals surface area contributed by atoms with Crippen LogP contribution in [-0.2, 0) is 42.7 Å². The summed E-state index contributed by atoms with van der Waals surface area (Å²) in [4.78, 5) is 24.3. The SMILES string of the molecule is CC(=O)N[C@@H]1[C@@H](O[C@H]2O[C@H](CO)[C@H](O)[C@H](O[C@H]3O[C@H](CO)[C@@H](O)[C@H](O[C@@H]4O[C@@H](C)[C@H](O)[C@@H](O)[C@H]4O)[C@H]3O)[C@H]2NC(C)=O)[C@@H](O)[C@@H](CO)O[C@H]1O. The van der Waals surface area contributed by atoms with Crippen molar-refractivity contribution in [1.82, 2.24) is 10.6 Å². The Morgan fingerprint density at radius 1 is 0.520 bits per heavy atom. The summed E-state index contributed by atoms with van der Waals surface area (Å²) in [5.74, 6) is -1.43. The lowest BCUT2D eigenvalue weighted by atomic mass is 9.93. The zero-order chi connectivity index (χ0) is 37.2. The summed E-state index contributed by atoms with van der Waals surface area (Å²) in [6, 6.07) is -3.06. The summed E-state index contributed by atoms with van der Waals surface area (Å²) in [6.45, 7) is 0.975. The number of aliphatic hydroxyl groups excluding tert-OH is 11. The molecule has 4 rings (SSSR count). The monoisotopic (exact) mass is 732 g/mol. The highest BCUT2D eigenvalue weighted by Gasteiger charge is 2.56. The van der Waals surface area contributed by atoms with E-state index in [1.807, 2.05) is 0 Å². The Hall–Kier alpha value is -1.78. The van der Waals surface area contributed by atoms with E-state index in [4.69, 9.17) is 33.2 Å². The van der Waals surface area contributed by atoms with Gasteiger partial charge in [0, 0.05) is 13.8 Å². The van der Waals surface area contributed by atoms with Crippen molar-refractivity contribution in [1.29, 1.82) is 0 Å². The lowest BCUT2D eigenvalue weighted by Crippen LogP contribution is -2.71. The molecule has 4 heterocycles. The number of hydrogen-bond acceptors (Lipinski definition) is 20. The van der Waals surface area contributed by atoms with E-state index in [2.05, 4.69) is 10.6 Å². The van der Waals surface area contributed by atoms with Gasteiger partial charge in [-0.05, 0) is 6.92 Å². The second-order valence-corrected chi connectivity index (χ2v) is 12.6. The normalized spacial score (nSPS) is 48.5. The van der Waals surface area contributed by atoms with Gasteiger partial charge in [0.1, 0.15) is 91.4 Å². The summed E-state index contributed by atoms with van der Waals surface area (Å²) in [6.07, 6.45) is -30.4. The fourth-order valence-electron chi connectivity index (χ4n) is 6.29. The van der Waals surface area contributed by atoms with Crippen LogP contribution < -0.4 is 10.6 Å². The number of hydrogen-bond donors (Lipinski definition) is 13. The highest BCUT2D eigenvalue weighted by molar-refractivity contribution is 5.73. The molecule has 290 valence electrons. The van der Waals surface area contributed by atoms with Gasteiger partial charge < -0.3 is 100.0 Å². The molecule has 20 atom stereocenters. The summed E-state index contributed by atoms with van der Waals surface area (Å²) in [7, 11) is 0. The number of ether oxygens (including phenoxy) is 7. The molecule has 22 heteroatoms. The molecule has 0 aromatic carbocycles. The van der Waals surface area contributed by atoms with Gasteiger partial charge >= 0.3 is 0 Å². The lowest BCUT2D eigenvalue weighted by Gasteiger charge is -2.50. The smallest absolute Gasteiger partial charge is 0.217 e. The topological polar surface area (TPSA) is 345 Å². The highest BCUT2D eigenvalue weighted by Crippen LogP contribution is 2.34. The minimum atomic E-state index is -2.01. The van der Waals surface area contributed by atoms with Gasteiger partial charge in [0.15, 0.2) is 25.2 Å². The molecule has 4 aliphatic rings. The first kappa shape index (κ1) is 41.0. The standard InChI is InChI=1S/C28H48N2O20/c1-7-15(36)19(40)20(41)27(44-7)50-24-18(39)12(6-33)47-28(21(24)42)49-23-14(30-9(3)35)26(46-11(5-32)17(23)38)48-22-13(29-8(2)34)25(43)45-10(4-31)16(22)37/h7,10-28,31-33,36-43H,4-6H2,1-3H3,(H,29,34)(H,30,35)/t7-,10+,11+,12+,13+,14+,15-,16-,17-,18+,19+,20+,21+,22+,23+,24-,25+,26+,27-,28+/m0/s1. The molecule has 4 saturated heterocycles. The highest BCUT2D eigenvalue weighted by atomic mass is 16.8. The maximum atomic E-state index is 12.4. The third-order valence-corrected chi connectivity index (χ3v) is 8.97. The van der Waals surface area contributed by atoms with Crippen molar-refractivity contribution >= 4 is 11.8 Å². The second kappa shape index (κ2) is 17.4. The van der Waals surface area contributed by atoms with E-state index in [1.54, 1.807) is 0 Å². The van der Waals surface area contributed by atoms with E-state index in [-0.39, 0.29) is 0 Å². The van der Waals surface area contributed by atoms with Crippen molar-refractivity contribution < 1.29 is 98.9 Å². The molecular formula is C28H48N2O20. The van der Waals surface area contributed by atoms with Gasteiger partial charge in [-0.3, -0.25) is 9.59 Å². The van der Waals surface area contributed by atoms with Gasteiger partial charge in [-0.2, -0.15) is 0 Å². The fraction of sp³-hybridized carbons (Fsp3) is 0.929. The van der Waals surface area contributed by atoms with E-state index in [9.17, 15) is 65.8 Å². The summed E-state index contributed by atoms with van der Waals surface area (Å²) in [5.41, 5.74) is 0. The van der Waals surface area contributed by atoms with Crippen molar-refractivity contribution in [2.75, 3.05) is 19.8 Å². The van der Waals surface area contributed by atoms with Crippen molar-refractivity contribution in [2.24, 2.45) is 0 Å². The van der Waals surface area contributed by atoms with Crippen LogP contribution in [0.15, 0.2) is 0 Å². The van der Waals surface area contributed by atoms with Crippen molar-refractivity contribution in [3.63, 3.8) is 0 Å². The van der Waals surface area contributed by atoms with E-state index in [1.165, 1.54) is 6.92 Å². The van der Waals surface area contributed by atoms with E-state index in [0.29, 0.717) is 0 Å². The van der Waals surface area contributed by atoms with Crippen LogP contribution in [0, 0.1) is 0 Å². The van der Waals surface area contributed by atoms with Gasteiger partial charge in [0.05, 0.1) is 25.9 Å². The molecular weight excluding hydrogens is 684 g/mol. The maximum absolute atomic E-state index is 12.4. The Kier molecular flexibility index (Phi) is 14.2. The molecule has 4 aliphatic heterocycles. The van der Waals surface area contributed by atoms with Crippen molar-refractivity contribution in [3.05, 3.63) is 0 Å². The summed E-state index contributed by atoms with van der Waals surface area (Å²) < 4.78 is 39.4. The summed E-state index contributed by atoms with van der Waals surface area (Å²) in [5, 5.41) is 120. The Bertz CT molecular complexity index is 1130. The molecule has 0 bridgehead atoms. The van der Waals surface area contributed by atoms with E-state index >= 15 is 0 Å². The first-order chi connectivity index (χ1) is 23.5. The molecule has 22 nitrogen and oxygen atoms in total. The Morgan fingerprint density at radius 2 is 0.940 bits per heavy atom. The maximum Gasteiger partial charge on any atom is 0.217 e. The van der Waals surface area contributed by atoms with E-state index in [0.717, 1.165) is 13.8 Å². The molecule has 2 amide bonds. The molecule has 0 aromatic rings. The zero-order valence-corrected chi connectivity index (χ0v) is 27.3. The van der Waals surface area contributed by atoms with Gasteiger partial charge in [-0.15, -0.1) is 0 Å². The van der Waals surface area contributed by atoms with Crippen LogP contribution in [0.2, 0.25) is 0 Å². The third kappa shape index (κ3) is 8.70. The predicted molar refractivity (Wildman–Crippen MR) is 156 cm³/mol. The van der Waals surface area contributed by atoms with Crippen LogP contribution in [-0.4, -0.2) is 211 Å². The molecule has 0 radical (unpaired) electrons. The average molecular weight is 733 g/mol. The van der Waals surface area contributed by atoms with Crippen LogP contribution in [0.4, 0.5) is 0 Å². The molecule has 0 aromatic heterocycles. The summed E-state index contributed by atoms with van der Waals surface area (Å²) >= 11 is 0. The number of carbonyl (C=O) groups excluding carboxylic acids is 2. The van der Waals surface area contributed by atoms with Crippen molar-refractivity contribution in [3.8, 4) is 0 Å². The lowest BCUT2D eigenvalue weighted by molar-refractivity contribution is -0.376. The van der Waals surface area contributed by atoms with Gasteiger partial charge in [0.2, 0.25) is 11.8 Å². The quantitative estimate of drug-likeness (QED) is 0.0938. The second-order valence-electron chi connectivity index (χ2n) is 12.6. The molecule has 4 fully saturated rings. The first-order valence-electron chi connectivity index (χ1n) is 15.9. The Labute approximate surface area is 285 Å². The van der Waals surface area contributed by atoms with Crippen LogP contribution >= 0.6 is 0 Å². The Balaban J connectivity index is 1.64. The largest absolute Gasteiger partial charge is 0.394 e. The van der Waals surface area contributed by atoms with Crippen LogP contribution in [0.25, 0.3) is 0 Å². The number of carbonyl (C=O) groups is 2. The third-order valence-electron chi connectivity index (χ3n) is 8.97. The van der Waals surface area contributed by atoms with Gasteiger partial charge in [-0.25, -0.2) is 0 Å². The van der Waals surface area contributed by atoms with Gasteiger partial charge in [0.25, 0.3) is 0 Å². The number of rotatable bonds is 11. The van der Waals surface area contributed by atoms with Crippen LogP contribution in [0.5, 0.6) is 0 Å². The average Bonchev–Trinajstić information content (AvgIpc) is 3.06. The van der Waals surface area contributed by atoms with Crippen molar-refractivity contribution in [2.45, 2.75) is 143 Å². The molecule has 0 saturated carbocycles. The van der Waals surface area contributed by atoms with Gasteiger partial charge in [-0.1, -0.05) is 0 Å². The molecule has 50 heavy (non-hydrogen) atoms. The minimum Gasteiger partial charge on any atom is -0.394 e. The molecule has 13 N–H and O–H groups in total. The first-order valence-corrected chi connectivity index (χ1v) is 15.9. The molecule has 0 unspecified atom stereocenters. The van der Waals surface area contributed by atoms with Crippen LogP contribution in [0.3, 0.4) is 0 Å². The number of nitrogens with one attached hydrogen (secondary N) is 2. The number of aliphatic hydroxyl groups is 11. The number of amides is 2. The molecule has 0 aliphatic carbocycles. The Morgan fingerprint density at radius 3 is 1.48 bits per heavy atom. The fourth-order valence-corrected chi connectivity index (χ4v) is 6.29. The minimum absolute atomic E-state index is 0.680. The molecule has 0 spiro atoms. The zero-order valence-electron chi connectivity index (χ0n) is 27.3.